The molecule has 0 saturated carbocycles. The van der Waals surface area contributed by atoms with E-state index in [1.165, 1.54) is 18.2 Å². The number of nitro benzene ring substituents is 1. The van der Waals surface area contributed by atoms with Gasteiger partial charge in [-0.15, -0.1) is 0 Å². The lowest BCUT2D eigenvalue weighted by atomic mass is 10.0. The number of nitrogens with zero attached hydrogens (tertiary/aromatic N) is 1. The molecule has 2 aromatic rings. The molecule has 0 spiro atoms. The van der Waals surface area contributed by atoms with E-state index in [9.17, 15) is 14.9 Å². The first-order chi connectivity index (χ1) is 11.0. The van der Waals surface area contributed by atoms with Crippen molar-refractivity contribution in [2.45, 2.75) is 26.7 Å². The molecule has 0 aliphatic carbocycles. The van der Waals surface area contributed by atoms with Crippen molar-refractivity contribution < 1.29 is 9.72 Å². The van der Waals surface area contributed by atoms with Gasteiger partial charge in [0.1, 0.15) is 5.56 Å². The summed E-state index contributed by atoms with van der Waals surface area (Å²) in [6, 6.07) is 9.55. The van der Waals surface area contributed by atoms with Gasteiger partial charge in [-0.05, 0) is 36.1 Å². The van der Waals surface area contributed by atoms with E-state index in [1.54, 1.807) is 12.1 Å². The largest absolute Gasteiger partial charge is 0.321 e. The van der Waals surface area contributed by atoms with Gasteiger partial charge in [0, 0.05) is 16.8 Å². The van der Waals surface area contributed by atoms with Crippen molar-refractivity contribution in [3.05, 3.63) is 68.2 Å². The van der Waals surface area contributed by atoms with E-state index in [-0.39, 0.29) is 11.3 Å². The number of halogens is 1. The second-order valence-electron chi connectivity index (χ2n) is 5.00. The molecule has 0 bridgehead atoms. The summed E-state index contributed by atoms with van der Waals surface area (Å²) < 4.78 is 0. The lowest BCUT2D eigenvalue weighted by Crippen LogP contribution is -2.16. The van der Waals surface area contributed by atoms with Crippen LogP contribution in [0.1, 0.15) is 35.3 Å². The van der Waals surface area contributed by atoms with Crippen LogP contribution in [0.4, 0.5) is 11.4 Å². The number of benzene rings is 2. The molecule has 0 atom stereocenters. The number of nitro groups is 1. The molecule has 0 saturated heterocycles. The molecule has 0 radical (unpaired) electrons. The van der Waals surface area contributed by atoms with Crippen LogP contribution in [0.2, 0.25) is 5.02 Å². The van der Waals surface area contributed by atoms with Gasteiger partial charge in [0.2, 0.25) is 0 Å². The number of hydrogen-bond donors (Lipinski definition) is 1. The second kappa shape index (κ2) is 7.24. The van der Waals surface area contributed by atoms with Gasteiger partial charge in [-0.3, -0.25) is 14.9 Å². The van der Waals surface area contributed by atoms with Crippen molar-refractivity contribution in [1.29, 1.82) is 0 Å². The topological polar surface area (TPSA) is 72.2 Å². The van der Waals surface area contributed by atoms with E-state index in [0.717, 1.165) is 17.5 Å². The molecule has 23 heavy (non-hydrogen) atoms. The summed E-state index contributed by atoms with van der Waals surface area (Å²) in [7, 11) is 0. The Bertz CT molecular complexity index is 759. The Hall–Kier alpha value is -2.40. The standard InChI is InChI=1S/C17H17ClN2O3/c1-3-11-9-10-14(18)12(4-2)16(11)19-17(21)13-7-5-6-8-15(13)20(22)23/h5-10H,3-4H2,1-2H3,(H,19,21). The van der Waals surface area contributed by atoms with Crippen LogP contribution in [0.3, 0.4) is 0 Å². The Balaban J connectivity index is 2.46. The van der Waals surface area contributed by atoms with Gasteiger partial charge in [0.25, 0.3) is 11.6 Å². The molecule has 2 rings (SSSR count). The van der Waals surface area contributed by atoms with Crippen LogP contribution in [-0.2, 0) is 12.8 Å². The maximum absolute atomic E-state index is 12.5. The van der Waals surface area contributed by atoms with Crippen LogP contribution in [0.5, 0.6) is 0 Å². The van der Waals surface area contributed by atoms with Crippen LogP contribution >= 0.6 is 11.6 Å². The van der Waals surface area contributed by atoms with Crippen LogP contribution in [-0.4, -0.2) is 10.8 Å². The van der Waals surface area contributed by atoms with Gasteiger partial charge in [-0.1, -0.05) is 43.6 Å². The van der Waals surface area contributed by atoms with E-state index in [4.69, 9.17) is 11.6 Å². The highest BCUT2D eigenvalue weighted by Crippen LogP contribution is 2.30. The van der Waals surface area contributed by atoms with Crippen molar-refractivity contribution in [2.24, 2.45) is 0 Å². The summed E-state index contributed by atoms with van der Waals surface area (Å²) in [6.07, 6.45) is 1.37. The lowest BCUT2D eigenvalue weighted by molar-refractivity contribution is -0.385. The number of nitrogens with one attached hydrogen (secondary N) is 1. The van der Waals surface area contributed by atoms with Crippen molar-refractivity contribution >= 4 is 28.9 Å². The Morgan fingerprint density at radius 3 is 2.48 bits per heavy atom. The van der Waals surface area contributed by atoms with Crippen molar-refractivity contribution in [3.8, 4) is 0 Å². The molecule has 5 nitrogen and oxygen atoms in total. The summed E-state index contributed by atoms with van der Waals surface area (Å²) in [5.41, 5.74) is 2.23. The number of para-hydroxylation sites is 1. The zero-order chi connectivity index (χ0) is 17.0. The molecule has 0 aliphatic heterocycles. The third-order valence-corrected chi connectivity index (χ3v) is 4.01. The molecule has 0 unspecified atom stereocenters. The fourth-order valence-corrected chi connectivity index (χ4v) is 2.76. The molecule has 6 heteroatoms. The fraction of sp³-hybridized carbons (Fsp3) is 0.235. The number of anilines is 1. The van der Waals surface area contributed by atoms with Gasteiger partial charge >= 0.3 is 0 Å². The molecular formula is C17H17ClN2O3. The molecule has 0 aromatic heterocycles. The summed E-state index contributed by atoms with van der Waals surface area (Å²) in [6.45, 7) is 3.92. The molecule has 1 N–H and O–H groups in total. The third kappa shape index (κ3) is 3.51. The molecule has 0 fully saturated rings. The average Bonchev–Trinajstić information content (AvgIpc) is 2.55. The van der Waals surface area contributed by atoms with Crippen LogP contribution in [0.25, 0.3) is 0 Å². The van der Waals surface area contributed by atoms with E-state index >= 15 is 0 Å². The van der Waals surface area contributed by atoms with Gasteiger partial charge in [-0.2, -0.15) is 0 Å². The van der Waals surface area contributed by atoms with Crippen molar-refractivity contribution in [2.75, 3.05) is 5.32 Å². The summed E-state index contributed by atoms with van der Waals surface area (Å²) in [5.74, 6) is -0.510. The fourth-order valence-electron chi connectivity index (χ4n) is 2.47. The predicted molar refractivity (Wildman–Crippen MR) is 91.3 cm³/mol. The van der Waals surface area contributed by atoms with Crippen molar-refractivity contribution in [1.82, 2.24) is 0 Å². The highest BCUT2D eigenvalue weighted by molar-refractivity contribution is 6.32. The molecule has 0 heterocycles. The number of amides is 1. The zero-order valence-corrected chi connectivity index (χ0v) is 13.7. The lowest BCUT2D eigenvalue weighted by Gasteiger charge is -2.16. The number of carbonyl (C=O) groups excluding carboxylic acids is 1. The minimum absolute atomic E-state index is 0.0292. The number of carbonyl (C=O) groups is 1. The molecular weight excluding hydrogens is 316 g/mol. The van der Waals surface area contributed by atoms with E-state index in [1.807, 2.05) is 19.9 Å². The van der Waals surface area contributed by atoms with Crippen molar-refractivity contribution in [3.63, 3.8) is 0 Å². The number of hydrogen-bond acceptors (Lipinski definition) is 3. The first kappa shape index (κ1) is 17.0. The summed E-state index contributed by atoms with van der Waals surface area (Å²) >= 11 is 6.21. The minimum Gasteiger partial charge on any atom is -0.321 e. The van der Waals surface area contributed by atoms with Gasteiger partial charge < -0.3 is 5.32 Å². The monoisotopic (exact) mass is 332 g/mol. The van der Waals surface area contributed by atoms with E-state index in [2.05, 4.69) is 5.32 Å². The Kier molecular flexibility index (Phi) is 5.34. The van der Waals surface area contributed by atoms with E-state index < -0.39 is 10.8 Å². The molecule has 1 amide bonds. The zero-order valence-electron chi connectivity index (χ0n) is 12.9. The molecule has 0 aliphatic rings. The first-order valence-corrected chi connectivity index (χ1v) is 7.72. The highest BCUT2D eigenvalue weighted by Gasteiger charge is 2.21. The quantitative estimate of drug-likeness (QED) is 0.641. The van der Waals surface area contributed by atoms with Crippen LogP contribution < -0.4 is 5.32 Å². The minimum atomic E-state index is -0.561. The first-order valence-electron chi connectivity index (χ1n) is 7.34. The summed E-state index contributed by atoms with van der Waals surface area (Å²) in [4.78, 5) is 23.1. The maximum atomic E-state index is 12.5. The van der Waals surface area contributed by atoms with Gasteiger partial charge in [-0.25, -0.2) is 0 Å². The molecule has 120 valence electrons. The maximum Gasteiger partial charge on any atom is 0.282 e. The molecule has 2 aromatic carbocycles. The smallest absolute Gasteiger partial charge is 0.282 e. The SMILES string of the molecule is CCc1ccc(Cl)c(CC)c1NC(=O)c1ccccc1[N+](=O)[O-]. The van der Waals surface area contributed by atoms with E-state index in [0.29, 0.717) is 17.1 Å². The highest BCUT2D eigenvalue weighted by atomic mass is 35.5. The van der Waals surface area contributed by atoms with Crippen LogP contribution in [0.15, 0.2) is 36.4 Å². The average molecular weight is 333 g/mol. The Labute approximate surface area is 139 Å². The number of aryl methyl sites for hydroxylation is 1. The van der Waals surface area contributed by atoms with Gasteiger partial charge in [0.15, 0.2) is 0 Å². The number of rotatable bonds is 5. The Morgan fingerprint density at radius 1 is 1.17 bits per heavy atom. The summed E-state index contributed by atoms with van der Waals surface area (Å²) in [5, 5.41) is 14.5. The second-order valence-corrected chi connectivity index (χ2v) is 5.40. The van der Waals surface area contributed by atoms with Crippen LogP contribution in [0, 0.1) is 10.1 Å². The Morgan fingerprint density at radius 2 is 1.87 bits per heavy atom. The van der Waals surface area contributed by atoms with Gasteiger partial charge in [0.05, 0.1) is 4.92 Å². The predicted octanol–water partition coefficient (Wildman–Crippen LogP) is 4.63. The third-order valence-electron chi connectivity index (χ3n) is 3.66. The normalized spacial score (nSPS) is 10.4.